The van der Waals surface area contributed by atoms with Gasteiger partial charge in [0.2, 0.25) is 12.7 Å². The SMILES string of the molecule is O=C(CNc1cc(Cl)cc(Cl)c1)Nc1ccc2c(c1)OCO2. The molecular formula is C15H12Cl2N2O3. The predicted molar refractivity (Wildman–Crippen MR) is 86.1 cm³/mol. The average Bonchev–Trinajstić information content (AvgIpc) is 2.92. The Morgan fingerprint density at radius 1 is 1.00 bits per heavy atom. The number of hydrogen-bond donors (Lipinski definition) is 2. The molecule has 0 aromatic heterocycles. The van der Waals surface area contributed by atoms with E-state index in [4.69, 9.17) is 32.7 Å². The van der Waals surface area contributed by atoms with E-state index < -0.39 is 0 Å². The van der Waals surface area contributed by atoms with Crippen LogP contribution in [0.5, 0.6) is 11.5 Å². The monoisotopic (exact) mass is 338 g/mol. The third kappa shape index (κ3) is 3.55. The van der Waals surface area contributed by atoms with Crippen molar-refractivity contribution in [2.75, 3.05) is 24.0 Å². The Labute approximate surface area is 137 Å². The topological polar surface area (TPSA) is 59.6 Å². The van der Waals surface area contributed by atoms with Crippen molar-refractivity contribution in [3.63, 3.8) is 0 Å². The van der Waals surface area contributed by atoms with Crippen LogP contribution in [0.25, 0.3) is 0 Å². The second kappa shape index (κ2) is 6.34. The molecule has 0 unspecified atom stereocenters. The lowest BCUT2D eigenvalue weighted by Crippen LogP contribution is -2.21. The van der Waals surface area contributed by atoms with Crippen LogP contribution in [0.4, 0.5) is 11.4 Å². The highest BCUT2D eigenvalue weighted by atomic mass is 35.5. The highest BCUT2D eigenvalue weighted by Crippen LogP contribution is 2.34. The molecule has 0 radical (unpaired) electrons. The fourth-order valence-corrected chi connectivity index (χ4v) is 2.54. The number of fused-ring (bicyclic) bond motifs is 1. The fourth-order valence-electron chi connectivity index (χ4n) is 2.02. The molecule has 0 saturated carbocycles. The van der Waals surface area contributed by atoms with E-state index in [1.54, 1.807) is 36.4 Å². The molecule has 1 aliphatic rings. The summed E-state index contributed by atoms with van der Waals surface area (Å²) in [6, 6.07) is 10.2. The van der Waals surface area contributed by atoms with Gasteiger partial charge in [-0.15, -0.1) is 0 Å². The van der Waals surface area contributed by atoms with E-state index in [2.05, 4.69) is 10.6 Å². The van der Waals surface area contributed by atoms with Gasteiger partial charge in [0.1, 0.15) is 0 Å². The standard InChI is InChI=1S/C15H12Cl2N2O3/c16-9-3-10(17)5-12(4-9)18-7-15(20)19-11-1-2-13-14(6-11)22-8-21-13/h1-6,18H,7-8H2,(H,19,20). The van der Waals surface area contributed by atoms with E-state index in [-0.39, 0.29) is 19.2 Å². The second-order valence-electron chi connectivity index (χ2n) is 4.63. The molecular weight excluding hydrogens is 327 g/mol. The Bertz CT molecular complexity index is 702. The van der Waals surface area contributed by atoms with Crippen LogP contribution in [0.1, 0.15) is 0 Å². The number of amides is 1. The van der Waals surface area contributed by atoms with E-state index >= 15 is 0 Å². The molecule has 1 aliphatic heterocycles. The molecule has 1 heterocycles. The molecule has 2 aromatic rings. The molecule has 0 spiro atoms. The molecule has 7 heteroatoms. The summed E-state index contributed by atoms with van der Waals surface area (Å²) in [5, 5.41) is 6.74. The Morgan fingerprint density at radius 3 is 2.50 bits per heavy atom. The van der Waals surface area contributed by atoms with Crippen molar-refractivity contribution in [3.05, 3.63) is 46.4 Å². The summed E-state index contributed by atoms with van der Waals surface area (Å²) in [5.41, 5.74) is 1.32. The van der Waals surface area contributed by atoms with E-state index in [0.717, 1.165) is 0 Å². The number of ether oxygens (including phenoxy) is 2. The average molecular weight is 339 g/mol. The van der Waals surface area contributed by atoms with Crippen LogP contribution in [0, 0.1) is 0 Å². The molecule has 0 bridgehead atoms. The maximum atomic E-state index is 11.9. The molecule has 0 saturated heterocycles. The lowest BCUT2D eigenvalue weighted by Gasteiger charge is -2.09. The lowest BCUT2D eigenvalue weighted by molar-refractivity contribution is -0.114. The van der Waals surface area contributed by atoms with Crippen LogP contribution in [0.15, 0.2) is 36.4 Å². The fraction of sp³-hybridized carbons (Fsp3) is 0.133. The smallest absolute Gasteiger partial charge is 0.243 e. The first kappa shape index (κ1) is 14.8. The maximum Gasteiger partial charge on any atom is 0.243 e. The van der Waals surface area contributed by atoms with Crippen molar-refractivity contribution >= 4 is 40.5 Å². The number of anilines is 2. The summed E-state index contributed by atoms with van der Waals surface area (Å²) in [6.45, 7) is 0.287. The molecule has 0 aliphatic carbocycles. The van der Waals surface area contributed by atoms with Gasteiger partial charge >= 0.3 is 0 Å². The van der Waals surface area contributed by atoms with Crippen LogP contribution in [-0.2, 0) is 4.79 Å². The van der Waals surface area contributed by atoms with Crippen LogP contribution < -0.4 is 20.1 Å². The van der Waals surface area contributed by atoms with Gasteiger partial charge < -0.3 is 20.1 Å². The lowest BCUT2D eigenvalue weighted by atomic mass is 10.2. The second-order valence-corrected chi connectivity index (χ2v) is 5.50. The summed E-state index contributed by atoms with van der Waals surface area (Å²) in [4.78, 5) is 11.9. The summed E-state index contributed by atoms with van der Waals surface area (Å²) < 4.78 is 10.5. The van der Waals surface area contributed by atoms with Gasteiger partial charge in [-0.25, -0.2) is 0 Å². The zero-order chi connectivity index (χ0) is 15.5. The van der Waals surface area contributed by atoms with E-state index in [0.29, 0.717) is 32.9 Å². The van der Waals surface area contributed by atoms with Crippen molar-refractivity contribution in [2.45, 2.75) is 0 Å². The third-order valence-electron chi connectivity index (χ3n) is 2.97. The molecule has 0 atom stereocenters. The van der Waals surface area contributed by atoms with Crippen molar-refractivity contribution in [3.8, 4) is 11.5 Å². The first-order chi connectivity index (χ1) is 10.6. The Morgan fingerprint density at radius 2 is 1.73 bits per heavy atom. The van der Waals surface area contributed by atoms with Crippen LogP contribution >= 0.6 is 23.2 Å². The number of nitrogens with one attached hydrogen (secondary N) is 2. The van der Waals surface area contributed by atoms with Gasteiger partial charge in [0, 0.05) is 27.5 Å². The number of rotatable bonds is 4. The van der Waals surface area contributed by atoms with E-state index in [1.165, 1.54) is 0 Å². The molecule has 1 amide bonds. The minimum absolute atomic E-state index is 0.0884. The largest absolute Gasteiger partial charge is 0.454 e. The van der Waals surface area contributed by atoms with Crippen LogP contribution in [0.2, 0.25) is 10.0 Å². The van der Waals surface area contributed by atoms with Gasteiger partial charge in [-0.05, 0) is 30.3 Å². The van der Waals surface area contributed by atoms with E-state index in [9.17, 15) is 4.79 Å². The van der Waals surface area contributed by atoms with Crippen molar-refractivity contribution in [1.29, 1.82) is 0 Å². The maximum absolute atomic E-state index is 11.9. The minimum atomic E-state index is -0.199. The van der Waals surface area contributed by atoms with E-state index in [1.807, 2.05) is 0 Å². The van der Waals surface area contributed by atoms with Crippen molar-refractivity contribution in [2.24, 2.45) is 0 Å². The summed E-state index contributed by atoms with van der Waals surface area (Å²) in [5.74, 6) is 1.09. The molecule has 2 N–H and O–H groups in total. The molecule has 5 nitrogen and oxygen atoms in total. The summed E-state index contributed by atoms with van der Waals surface area (Å²) >= 11 is 11.8. The number of carbonyl (C=O) groups is 1. The highest BCUT2D eigenvalue weighted by Gasteiger charge is 2.14. The van der Waals surface area contributed by atoms with Gasteiger partial charge in [-0.1, -0.05) is 23.2 Å². The predicted octanol–water partition coefficient (Wildman–Crippen LogP) is 3.77. The number of hydrogen-bond acceptors (Lipinski definition) is 4. The molecule has 0 fully saturated rings. The normalized spacial score (nSPS) is 12.1. The summed E-state index contributed by atoms with van der Waals surface area (Å²) in [6.07, 6.45) is 0. The zero-order valence-electron chi connectivity index (χ0n) is 11.4. The molecule has 22 heavy (non-hydrogen) atoms. The molecule has 114 valence electrons. The number of carbonyl (C=O) groups excluding carboxylic acids is 1. The zero-order valence-corrected chi connectivity index (χ0v) is 12.9. The quantitative estimate of drug-likeness (QED) is 0.890. The van der Waals surface area contributed by atoms with Gasteiger partial charge in [-0.2, -0.15) is 0 Å². The van der Waals surface area contributed by atoms with Crippen molar-refractivity contribution in [1.82, 2.24) is 0 Å². The van der Waals surface area contributed by atoms with Gasteiger partial charge in [0.25, 0.3) is 0 Å². The van der Waals surface area contributed by atoms with Gasteiger partial charge in [0.05, 0.1) is 6.54 Å². The van der Waals surface area contributed by atoms with Crippen LogP contribution in [0.3, 0.4) is 0 Å². The molecule has 2 aromatic carbocycles. The number of halogens is 2. The Hall–Kier alpha value is -2.11. The minimum Gasteiger partial charge on any atom is -0.454 e. The first-order valence-corrected chi connectivity index (χ1v) is 7.25. The Balaban J connectivity index is 1.58. The van der Waals surface area contributed by atoms with Crippen LogP contribution in [-0.4, -0.2) is 19.2 Å². The van der Waals surface area contributed by atoms with Gasteiger partial charge in [-0.3, -0.25) is 4.79 Å². The third-order valence-corrected chi connectivity index (χ3v) is 3.41. The Kier molecular flexibility index (Phi) is 4.27. The van der Waals surface area contributed by atoms with Crippen molar-refractivity contribution < 1.29 is 14.3 Å². The first-order valence-electron chi connectivity index (χ1n) is 6.49. The summed E-state index contributed by atoms with van der Waals surface area (Å²) in [7, 11) is 0. The molecule has 3 rings (SSSR count). The van der Waals surface area contributed by atoms with Gasteiger partial charge in [0.15, 0.2) is 11.5 Å². The highest BCUT2D eigenvalue weighted by molar-refractivity contribution is 6.35. The number of benzene rings is 2.